The van der Waals surface area contributed by atoms with Gasteiger partial charge in [0.05, 0.1) is 18.0 Å². The Bertz CT molecular complexity index is 1110. The van der Waals surface area contributed by atoms with Gasteiger partial charge >= 0.3 is 6.09 Å². The SMILES string of the molecule is O=C(OCC1C2CCC1CN(Cc1ccccc1)C2)N(c1ccc(O)cc1)c1cccc(F)c1. The molecule has 1 heterocycles. The maximum atomic E-state index is 13.9. The van der Waals surface area contributed by atoms with E-state index >= 15 is 0 Å². The third kappa shape index (κ3) is 4.92. The smallest absolute Gasteiger partial charge is 0.418 e. The van der Waals surface area contributed by atoms with Gasteiger partial charge in [-0.25, -0.2) is 14.1 Å². The summed E-state index contributed by atoms with van der Waals surface area (Å²) < 4.78 is 19.8. The molecule has 34 heavy (non-hydrogen) atoms. The van der Waals surface area contributed by atoms with Gasteiger partial charge in [-0.2, -0.15) is 0 Å². The normalized spacial score (nSPS) is 21.9. The van der Waals surface area contributed by atoms with E-state index in [9.17, 15) is 14.3 Å². The van der Waals surface area contributed by atoms with Gasteiger partial charge < -0.3 is 9.84 Å². The number of hydrogen-bond acceptors (Lipinski definition) is 4. The first-order valence-electron chi connectivity index (χ1n) is 11.8. The van der Waals surface area contributed by atoms with Crippen LogP contribution in [0.25, 0.3) is 0 Å². The van der Waals surface area contributed by atoms with Crippen LogP contribution >= 0.6 is 0 Å². The molecule has 1 aliphatic carbocycles. The number of nitrogens with zero attached hydrogens (tertiary/aromatic N) is 2. The number of anilines is 2. The number of piperidine rings is 1. The number of aromatic hydroxyl groups is 1. The van der Waals surface area contributed by atoms with Crippen molar-refractivity contribution in [2.24, 2.45) is 17.8 Å². The number of benzene rings is 3. The van der Waals surface area contributed by atoms with Crippen LogP contribution in [0.3, 0.4) is 0 Å². The number of ether oxygens (including phenoxy) is 1. The Hall–Kier alpha value is -3.38. The molecule has 5 rings (SSSR count). The maximum Gasteiger partial charge on any atom is 0.418 e. The molecule has 2 atom stereocenters. The number of carbonyl (C=O) groups is 1. The Morgan fingerprint density at radius 1 is 0.941 bits per heavy atom. The van der Waals surface area contributed by atoms with Gasteiger partial charge in [-0.05, 0) is 72.7 Å². The van der Waals surface area contributed by atoms with Crippen molar-refractivity contribution in [2.45, 2.75) is 19.4 Å². The lowest BCUT2D eigenvalue weighted by Crippen LogP contribution is -2.43. The summed E-state index contributed by atoms with van der Waals surface area (Å²) in [6, 6.07) is 22.6. The molecule has 5 nitrogen and oxygen atoms in total. The first kappa shape index (κ1) is 22.4. The van der Waals surface area contributed by atoms with Crippen LogP contribution in [0.5, 0.6) is 5.75 Å². The van der Waals surface area contributed by atoms with Crippen LogP contribution in [0, 0.1) is 23.6 Å². The second kappa shape index (κ2) is 9.85. The minimum atomic E-state index is -0.539. The summed E-state index contributed by atoms with van der Waals surface area (Å²) in [5.74, 6) is 1.01. The number of amides is 1. The fourth-order valence-corrected chi connectivity index (χ4v) is 5.48. The molecule has 2 aliphatic rings. The molecule has 1 N–H and O–H groups in total. The molecule has 176 valence electrons. The van der Waals surface area contributed by atoms with Gasteiger partial charge in [0.1, 0.15) is 11.6 Å². The molecule has 0 spiro atoms. The average molecular weight is 461 g/mol. The third-order valence-corrected chi connectivity index (χ3v) is 7.11. The van der Waals surface area contributed by atoms with Gasteiger partial charge in [-0.3, -0.25) is 4.90 Å². The monoisotopic (exact) mass is 460 g/mol. The standard InChI is InChI=1S/C28H29FN2O3/c29-23-7-4-8-25(15-23)31(24-11-13-26(32)14-12-24)28(33)34-19-27-21-9-10-22(27)18-30(17-21)16-20-5-2-1-3-6-20/h1-8,11-15,21-22,27,32H,9-10,16-19H2. The first-order chi connectivity index (χ1) is 16.6. The largest absolute Gasteiger partial charge is 0.508 e. The number of fused-ring (bicyclic) bond motifs is 2. The van der Waals surface area contributed by atoms with E-state index in [4.69, 9.17) is 4.74 Å². The van der Waals surface area contributed by atoms with Crippen molar-refractivity contribution in [1.29, 1.82) is 0 Å². The van der Waals surface area contributed by atoms with Gasteiger partial charge in [0.15, 0.2) is 0 Å². The van der Waals surface area contributed by atoms with E-state index in [0.717, 1.165) is 32.5 Å². The lowest BCUT2D eigenvalue weighted by atomic mass is 9.85. The molecular weight excluding hydrogens is 431 g/mol. The summed E-state index contributed by atoms with van der Waals surface area (Å²) >= 11 is 0. The van der Waals surface area contributed by atoms with E-state index in [0.29, 0.717) is 35.7 Å². The maximum absolute atomic E-state index is 13.9. The van der Waals surface area contributed by atoms with Crippen LogP contribution < -0.4 is 4.90 Å². The fraction of sp³-hybridized carbons (Fsp3) is 0.321. The molecule has 1 saturated heterocycles. The van der Waals surface area contributed by atoms with Crippen molar-refractivity contribution in [3.05, 3.63) is 90.2 Å². The van der Waals surface area contributed by atoms with Crippen LogP contribution in [0.1, 0.15) is 18.4 Å². The summed E-state index contributed by atoms with van der Waals surface area (Å²) in [5.41, 5.74) is 2.22. The van der Waals surface area contributed by atoms with E-state index in [1.807, 2.05) is 6.07 Å². The molecule has 0 radical (unpaired) electrons. The molecule has 3 aromatic rings. The fourth-order valence-electron chi connectivity index (χ4n) is 5.48. The quantitative estimate of drug-likeness (QED) is 0.493. The van der Waals surface area contributed by atoms with Gasteiger partial charge in [-0.15, -0.1) is 0 Å². The molecule has 2 fully saturated rings. The summed E-state index contributed by atoms with van der Waals surface area (Å²) in [6.07, 6.45) is 1.77. The molecule has 1 aliphatic heterocycles. The van der Waals surface area contributed by atoms with E-state index in [1.54, 1.807) is 24.3 Å². The number of hydrogen-bond donors (Lipinski definition) is 1. The molecule has 0 aromatic heterocycles. The Morgan fingerprint density at radius 3 is 2.32 bits per heavy atom. The van der Waals surface area contributed by atoms with Crippen LogP contribution in [-0.2, 0) is 11.3 Å². The van der Waals surface area contributed by atoms with Crippen molar-refractivity contribution >= 4 is 17.5 Å². The van der Waals surface area contributed by atoms with E-state index in [1.165, 1.54) is 34.7 Å². The number of phenols is 1. The summed E-state index contributed by atoms with van der Waals surface area (Å²) in [7, 11) is 0. The first-order valence-corrected chi connectivity index (χ1v) is 11.8. The summed E-state index contributed by atoms with van der Waals surface area (Å²) in [6.45, 7) is 3.34. The van der Waals surface area contributed by atoms with Gasteiger partial charge in [0.2, 0.25) is 0 Å². The molecule has 1 saturated carbocycles. The summed E-state index contributed by atoms with van der Waals surface area (Å²) in [5, 5.41) is 9.65. The van der Waals surface area contributed by atoms with E-state index in [2.05, 4.69) is 29.2 Å². The zero-order valence-electron chi connectivity index (χ0n) is 19.0. The Balaban J connectivity index is 1.26. The Kier molecular flexibility index (Phi) is 6.50. The van der Waals surface area contributed by atoms with E-state index in [-0.39, 0.29) is 5.75 Å². The Morgan fingerprint density at radius 2 is 1.65 bits per heavy atom. The van der Waals surface area contributed by atoms with Gasteiger partial charge in [-0.1, -0.05) is 36.4 Å². The summed E-state index contributed by atoms with van der Waals surface area (Å²) in [4.78, 5) is 17.1. The molecule has 3 aromatic carbocycles. The molecule has 6 heteroatoms. The van der Waals surface area contributed by atoms with Gasteiger partial charge in [0, 0.05) is 25.6 Å². The second-order valence-corrected chi connectivity index (χ2v) is 9.35. The zero-order valence-corrected chi connectivity index (χ0v) is 19.0. The highest BCUT2D eigenvalue weighted by Crippen LogP contribution is 2.42. The lowest BCUT2D eigenvalue weighted by Gasteiger charge is -2.38. The zero-order chi connectivity index (χ0) is 23.5. The molecule has 1 amide bonds. The number of likely N-dealkylation sites (tertiary alicyclic amines) is 1. The number of rotatable bonds is 6. The van der Waals surface area contributed by atoms with Crippen LogP contribution in [0.2, 0.25) is 0 Å². The molecular formula is C28H29FN2O3. The van der Waals surface area contributed by atoms with Crippen LogP contribution in [-0.4, -0.2) is 35.8 Å². The topological polar surface area (TPSA) is 53.0 Å². The minimum Gasteiger partial charge on any atom is -0.508 e. The number of carbonyl (C=O) groups excluding carboxylic acids is 1. The number of halogens is 1. The van der Waals surface area contributed by atoms with Crippen molar-refractivity contribution in [1.82, 2.24) is 4.90 Å². The van der Waals surface area contributed by atoms with Crippen molar-refractivity contribution < 1.29 is 19.0 Å². The highest BCUT2D eigenvalue weighted by molar-refractivity contribution is 5.96. The predicted molar refractivity (Wildman–Crippen MR) is 129 cm³/mol. The lowest BCUT2D eigenvalue weighted by molar-refractivity contribution is 0.0514. The number of phenolic OH excluding ortho intramolecular Hbond substituents is 1. The van der Waals surface area contributed by atoms with E-state index < -0.39 is 11.9 Å². The van der Waals surface area contributed by atoms with Crippen LogP contribution in [0.15, 0.2) is 78.9 Å². The van der Waals surface area contributed by atoms with Crippen molar-refractivity contribution in [3.8, 4) is 5.75 Å². The third-order valence-electron chi connectivity index (χ3n) is 7.11. The predicted octanol–water partition coefficient (Wildman–Crippen LogP) is 5.96. The highest BCUT2D eigenvalue weighted by Gasteiger charge is 2.42. The molecule has 2 bridgehead atoms. The van der Waals surface area contributed by atoms with Crippen molar-refractivity contribution in [2.75, 3.05) is 24.6 Å². The van der Waals surface area contributed by atoms with Gasteiger partial charge in [0.25, 0.3) is 0 Å². The average Bonchev–Trinajstić information content (AvgIpc) is 3.08. The highest BCUT2D eigenvalue weighted by atomic mass is 19.1. The van der Waals surface area contributed by atoms with Crippen LogP contribution in [0.4, 0.5) is 20.6 Å². The second-order valence-electron chi connectivity index (χ2n) is 9.35. The van der Waals surface area contributed by atoms with Crippen molar-refractivity contribution in [3.63, 3.8) is 0 Å². The molecule has 2 unspecified atom stereocenters. The minimum absolute atomic E-state index is 0.0927. The Labute approximate surface area is 199 Å².